The molecule has 2 saturated heterocycles. The maximum absolute atomic E-state index is 13.1. The summed E-state index contributed by atoms with van der Waals surface area (Å²) in [5.74, 6) is -0.136. The van der Waals surface area contributed by atoms with Crippen molar-refractivity contribution in [2.75, 3.05) is 0 Å². The molecular weight excluding hydrogens is 482 g/mol. The average Bonchev–Trinajstić information content (AvgIpc) is 2.89. The quantitative estimate of drug-likeness (QED) is 0.131. The standard InChI is InChI=1S/C31H49NO6/c1-4-24-18-27-20-26-12-10-11-25(36-26)17-22(2)15-16-23(3)29(38-31(34)21-28(19-24)37-27)13-8-6-5-7-9-14-30(33)32-35/h4,8,13,15-16,22-23,25-29,35H,5-7,9-12,14,17-21H2,1-3H3,(H,32,33)/b13-8+,16-15+,24-4-. The van der Waals surface area contributed by atoms with Crippen molar-refractivity contribution in [2.45, 2.75) is 135 Å². The zero-order chi connectivity index (χ0) is 27.3. The van der Waals surface area contributed by atoms with Gasteiger partial charge in [-0.25, -0.2) is 5.48 Å². The first kappa shape index (κ1) is 30.6. The highest BCUT2D eigenvalue weighted by Gasteiger charge is 2.32. The van der Waals surface area contributed by atoms with Crippen molar-refractivity contribution in [3.05, 3.63) is 36.0 Å². The largest absolute Gasteiger partial charge is 0.457 e. The second kappa shape index (κ2) is 16.2. The third kappa shape index (κ3) is 10.7. The van der Waals surface area contributed by atoms with E-state index >= 15 is 0 Å². The van der Waals surface area contributed by atoms with Gasteiger partial charge in [0.2, 0.25) is 5.91 Å². The molecule has 4 bridgehead atoms. The minimum atomic E-state index is -0.349. The molecule has 0 aliphatic carbocycles. The molecule has 7 heteroatoms. The van der Waals surface area contributed by atoms with Crippen molar-refractivity contribution in [1.29, 1.82) is 0 Å². The van der Waals surface area contributed by atoms with E-state index in [1.54, 1.807) is 5.48 Å². The van der Waals surface area contributed by atoms with E-state index in [2.05, 4.69) is 45.1 Å². The van der Waals surface area contributed by atoms with E-state index in [0.29, 0.717) is 12.3 Å². The number of carbonyl (C=O) groups is 2. The SMILES string of the molecule is C/C=C1\CC2CC(=O)OC(/C=C/CCCCCC(=O)NO)C(C)/C=C/C(C)CC3CCCC(CC(C1)O2)O3. The number of cyclic esters (lactones) is 1. The van der Waals surface area contributed by atoms with Crippen LogP contribution in [-0.2, 0) is 23.8 Å². The van der Waals surface area contributed by atoms with Gasteiger partial charge in [-0.3, -0.25) is 14.8 Å². The molecule has 0 aromatic carbocycles. The minimum Gasteiger partial charge on any atom is -0.457 e. The van der Waals surface area contributed by atoms with Crippen LogP contribution >= 0.6 is 0 Å². The fraction of sp³-hybridized carbons (Fsp3) is 0.742. The van der Waals surface area contributed by atoms with Crippen LogP contribution < -0.4 is 5.48 Å². The fourth-order valence-electron chi connectivity index (χ4n) is 5.84. The zero-order valence-electron chi connectivity index (χ0n) is 23.6. The lowest BCUT2D eigenvalue weighted by Gasteiger charge is -2.37. The van der Waals surface area contributed by atoms with Crippen molar-refractivity contribution in [2.24, 2.45) is 11.8 Å². The van der Waals surface area contributed by atoms with Crippen LogP contribution in [0.1, 0.15) is 104 Å². The third-order valence-corrected chi connectivity index (χ3v) is 8.02. The van der Waals surface area contributed by atoms with Crippen LogP contribution in [0.5, 0.6) is 0 Å². The molecule has 3 rings (SSSR count). The number of nitrogens with one attached hydrogen (secondary N) is 1. The lowest BCUT2D eigenvalue weighted by Crippen LogP contribution is -2.37. The summed E-state index contributed by atoms with van der Waals surface area (Å²) in [7, 11) is 0. The van der Waals surface area contributed by atoms with Gasteiger partial charge in [0.1, 0.15) is 6.10 Å². The van der Waals surface area contributed by atoms with Crippen molar-refractivity contribution in [1.82, 2.24) is 5.48 Å². The highest BCUT2D eigenvalue weighted by atomic mass is 16.5. The Labute approximate surface area is 229 Å². The molecule has 1 amide bonds. The summed E-state index contributed by atoms with van der Waals surface area (Å²) in [5.41, 5.74) is 3.02. The average molecular weight is 532 g/mol. The molecule has 3 aliphatic rings. The van der Waals surface area contributed by atoms with Gasteiger partial charge in [-0.15, -0.1) is 0 Å². The highest BCUT2D eigenvalue weighted by Crippen LogP contribution is 2.33. The van der Waals surface area contributed by atoms with Crippen LogP contribution in [0, 0.1) is 11.8 Å². The molecule has 0 aromatic heterocycles. The number of allylic oxidation sites excluding steroid dienone is 3. The number of amides is 1. The first-order valence-electron chi connectivity index (χ1n) is 14.8. The van der Waals surface area contributed by atoms with E-state index in [0.717, 1.165) is 64.2 Å². The summed E-state index contributed by atoms with van der Waals surface area (Å²) >= 11 is 0. The molecular formula is C31H49NO6. The molecule has 0 spiro atoms. The van der Waals surface area contributed by atoms with Crippen molar-refractivity contribution in [3.63, 3.8) is 0 Å². The summed E-state index contributed by atoms with van der Waals surface area (Å²) in [5, 5.41) is 8.59. The van der Waals surface area contributed by atoms with Crippen LogP contribution in [0.2, 0.25) is 0 Å². The predicted molar refractivity (Wildman–Crippen MR) is 148 cm³/mol. The van der Waals surface area contributed by atoms with Crippen molar-refractivity contribution >= 4 is 11.9 Å². The number of esters is 1. The molecule has 7 unspecified atom stereocenters. The number of hydroxylamine groups is 1. The lowest BCUT2D eigenvalue weighted by molar-refractivity contribution is -0.154. The summed E-state index contributed by atoms with van der Waals surface area (Å²) in [4.78, 5) is 24.2. The maximum Gasteiger partial charge on any atom is 0.309 e. The number of unbranched alkanes of at least 4 members (excludes halogenated alkanes) is 3. The lowest BCUT2D eigenvalue weighted by atomic mass is 9.90. The van der Waals surface area contributed by atoms with E-state index in [1.807, 2.05) is 6.08 Å². The topological polar surface area (TPSA) is 94.1 Å². The molecule has 2 N–H and O–H groups in total. The Kier molecular flexibility index (Phi) is 13.0. The predicted octanol–water partition coefficient (Wildman–Crippen LogP) is 6.35. The van der Waals surface area contributed by atoms with Crippen LogP contribution in [0.3, 0.4) is 0 Å². The summed E-state index contributed by atoms with van der Waals surface area (Å²) in [6.45, 7) is 6.41. The molecule has 3 aliphatic heterocycles. The van der Waals surface area contributed by atoms with Gasteiger partial charge in [-0.05, 0) is 76.7 Å². The molecule has 2 fully saturated rings. The molecule has 7 nitrogen and oxygen atoms in total. The van der Waals surface area contributed by atoms with E-state index in [-0.39, 0.29) is 54.7 Å². The molecule has 0 saturated carbocycles. The smallest absolute Gasteiger partial charge is 0.309 e. The van der Waals surface area contributed by atoms with Gasteiger partial charge in [-0.2, -0.15) is 0 Å². The van der Waals surface area contributed by atoms with Gasteiger partial charge < -0.3 is 14.2 Å². The van der Waals surface area contributed by atoms with Crippen LogP contribution in [0.4, 0.5) is 0 Å². The number of hydrogen-bond donors (Lipinski definition) is 2. The van der Waals surface area contributed by atoms with Crippen LogP contribution in [0.15, 0.2) is 36.0 Å². The number of carbonyl (C=O) groups excluding carboxylic acids is 2. The number of rotatable bonds is 7. The second-order valence-electron chi connectivity index (χ2n) is 11.5. The van der Waals surface area contributed by atoms with Crippen molar-refractivity contribution < 1.29 is 29.0 Å². The van der Waals surface area contributed by atoms with Crippen molar-refractivity contribution in [3.8, 4) is 0 Å². The second-order valence-corrected chi connectivity index (χ2v) is 11.5. The van der Waals surface area contributed by atoms with E-state index in [1.165, 1.54) is 12.0 Å². The summed E-state index contributed by atoms with van der Waals surface area (Å²) in [6, 6.07) is 0. The number of ether oxygens (including phenoxy) is 3. The summed E-state index contributed by atoms with van der Waals surface area (Å²) < 4.78 is 19.0. The molecule has 38 heavy (non-hydrogen) atoms. The Morgan fingerprint density at radius 3 is 2.50 bits per heavy atom. The van der Waals surface area contributed by atoms with Gasteiger partial charge in [-0.1, -0.05) is 50.1 Å². The molecule has 3 heterocycles. The van der Waals surface area contributed by atoms with Gasteiger partial charge in [0.25, 0.3) is 0 Å². The molecule has 214 valence electrons. The number of hydrogen-bond acceptors (Lipinski definition) is 6. The monoisotopic (exact) mass is 531 g/mol. The third-order valence-electron chi connectivity index (χ3n) is 8.02. The Hall–Kier alpha value is -1.96. The normalized spacial score (nSPS) is 35.1. The number of fused-ring (bicyclic) bond motifs is 4. The molecule has 0 radical (unpaired) electrons. The minimum absolute atomic E-state index is 0.0462. The Morgan fingerprint density at radius 1 is 1.00 bits per heavy atom. The van der Waals surface area contributed by atoms with Gasteiger partial charge in [0, 0.05) is 18.8 Å². The van der Waals surface area contributed by atoms with Gasteiger partial charge >= 0.3 is 5.97 Å². The summed E-state index contributed by atoms with van der Waals surface area (Å²) in [6.07, 6.45) is 21.8. The Morgan fingerprint density at radius 2 is 1.74 bits per heavy atom. The van der Waals surface area contributed by atoms with Gasteiger partial charge in [0.15, 0.2) is 0 Å². The van der Waals surface area contributed by atoms with E-state index < -0.39 is 0 Å². The maximum atomic E-state index is 13.1. The molecule has 0 aromatic rings. The van der Waals surface area contributed by atoms with Crippen LogP contribution in [0.25, 0.3) is 0 Å². The first-order chi connectivity index (χ1) is 18.4. The Balaban J connectivity index is 1.67. The fourth-order valence-corrected chi connectivity index (χ4v) is 5.84. The van der Waals surface area contributed by atoms with Crippen LogP contribution in [-0.4, -0.2) is 47.6 Å². The highest BCUT2D eigenvalue weighted by molar-refractivity contribution is 5.74. The van der Waals surface area contributed by atoms with Gasteiger partial charge in [0.05, 0.1) is 30.8 Å². The zero-order valence-corrected chi connectivity index (χ0v) is 23.6. The van der Waals surface area contributed by atoms with E-state index in [9.17, 15) is 9.59 Å². The van der Waals surface area contributed by atoms with E-state index in [4.69, 9.17) is 19.4 Å². The Bertz CT molecular complexity index is 836. The first-order valence-corrected chi connectivity index (χ1v) is 14.8. The molecule has 7 atom stereocenters.